The molecule has 0 heterocycles. The Bertz CT molecular complexity index is 285. The van der Waals surface area contributed by atoms with Crippen molar-refractivity contribution in [2.24, 2.45) is 0 Å². The predicted octanol–water partition coefficient (Wildman–Crippen LogP) is 2.94. The lowest BCUT2D eigenvalue weighted by molar-refractivity contribution is -0.356. The molecule has 0 aliphatic carbocycles. The molecule has 0 unspecified atom stereocenters. The van der Waals surface area contributed by atoms with E-state index in [-0.39, 0.29) is 5.60 Å². The molecular formula is C12H18O3. The molecule has 1 aromatic carbocycles. The van der Waals surface area contributed by atoms with Gasteiger partial charge in [-0.25, -0.2) is 9.78 Å². The van der Waals surface area contributed by atoms with Crippen LogP contribution in [0.3, 0.4) is 0 Å². The van der Waals surface area contributed by atoms with Gasteiger partial charge in [-0.05, 0) is 38.5 Å². The van der Waals surface area contributed by atoms with Crippen molar-refractivity contribution in [2.45, 2.75) is 33.0 Å². The van der Waals surface area contributed by atoms with Gasteiger partial charge in [-0.2, -0.15) is 0 Å². The van der Waals surface area contributed by atoms with Crippen LogP contribution >= 0.6 is 0 Å². The molecule has 3 nitrogen and oxygen atoms in total. The normalized spacial score (nSPS) is 11.5. The smallest absolute Gasteiger partial charge is 0.118 e. The summed E-state index contributed by atoms with van der Waals surface area (Å²) in [6.45, 7) is 6.28. The fraction of sp³-hybridized carbons (Fsp3) is 0.500. The summed E-state index contributed by atoms with van der Waals surface area (Å²) in [5, 5.41) is 0. The maximum Gasteiger partial charge on any atom is 0.118 e. The van der Waals surface area contributed by atoms with Crippen LogP contribution in [0.5, 0.6) is 5.75 Å². The van der Waals surface area contributed by atoms with E-state index in [0.717, 1.165) is 11.3 Å². The lowest BCUT2D eigenvalue weighted by Crippen LogP contribution is -2.19. The minimum atomic E-state index is -0.271. The first-order valence-corrected chi connectivity index (χ1v) is 4.95. The van der Waals surface area contributed by atoms with E-state index in [1.165, 1.54) is 0 Å². The van der Waals surface area contributed by atoms with Crippen LogP contribution < -0.4 is 4.74 Å². The van der Waals surface area contributed by atoms with Crippen LogP contribution in [0.2, 0.25) is 0 Å². The molecule has 0 spiro atoms. The van der Waals surface area contributed by atoms with Crippen LogP contribution in [0, 0.1) is 0 Å². The monoisotopic (exact) mass is 210 g/mol. The molecule has 0 radical (unpaired) electrons. The highest BCUT2D eigenvalue weighted by atomic mass is 17.2. The summed E-state index contributed by atoms with van der Waals surface area (Å²) in [7, 11) is 1.65. The summed E-state index contributed by atoms with van der Waals surface area (Å²) >= 11 is 0. The Balaban J connectivity index is 2.38. The van der Waals surface area contributed by atoms with Crippen molar-refractivity contribution >= 4 is 0 Å². The van der Waals surface area contributed by atoms with Crippen molar-refractivity contribution in [3.05, 3.63) is 29.8 Å². The minimum absolute atomic E-state index is 0.271. The van der Waals surface area contributed by atoms with Crippen molar-refractivity contribution < 1.29 is 14.5 Å². The van der Waals surface area contributed by atoms with Crippen molar-refractivity contribution in [1.29, 1.82) is 0 Å². The zero-order valence-electron chi connectivity index (χ0n) is 9.74. The van der Waals surface area contributed by atoms with Gasteiger partial charge in [0.2, 0.25) is 0 Å². The van der Waals surface area contributed by atoms with Gasteiger partial charge in [-0.3, -0.25) is 0 Å². The highest BCUT2D eigenvalue weighted by molar-refractivity contribution is 5.26. The highest BCUT2D eigenvalue weighted by Gasteiger charge is 2.11. The maximum absolute atomic E-state index is 5.16. The molecule has 0 N–H and O–H groups in total. The van der Waals surface area contributed by atoms with E-state index in [2.05, 4.69) is 0 Å². The van der Waals surface area contributed by atoms with Crippen molar-refractivity contribution in [1.82, 2.24) is 0 Å². The summed E-state index contributed by atoms with van der Waals surface area (Å²) in [5.74, 6) is 0.843. The molecule has 0 aliphatic heterocycles. The van der Waals surface area contributed by atoms with E-state index in [1.807, 2.05) is 45.0 Å². The van der Waals surface area contributed by atoms with E-state index >= 15 is 0 Å². The molecule has 0 fully saturated rings. The molecule has 0 aromatic heterocycles. The van der Waals surface area contributed by atoms with E-state index in [1.54, 1.807) is 7.11 Å². The number of hydrogen-bond acceptors (Lipinski definition) is 3. The second-order valence-corrected chi connectivity index (χ2v) is 4.31. The number of methoxy groups -OCH3 is 1. The van der Waals surface area contributed by atoms with Crippen molar-refractivity contribution in [3.63, 3.8) is 0 Å². The fourth-order valence-electron chi connectivity index (χ4n) is 0.996. The van der Waals surface area contributed by atoms with Gasteiger partial charge in [0.25, 0.3) is 0 Å². The number of hydrogen-bond donors (Lipinski definition) is 0. The molecule has 0 bridgehead atoms. The summed E-state index contributed by atoms with van der Waals surface area (Å²) in [4.78, 5) is 10.3. The van der Waals surface area contributed by atoms with Crippen molar-refractivity contribution in [3.8, 4) is 5.75 Å². The molecule has 3 heteroatoms. The Morgan fingerprint density at radius 1 is 1.07 bits per heavy atom. The summed E-state index contributed by atoms with van der Waals surface area (Å²) in [5.41, 5.74) is 0.784. The summed E-state index contributed by atoms with van der Waals surface area (Å²) < 4.78 is 5.06. The zero-order valence-corrected chi connectivity index (χ0v) is 9.74. The third-order valence-corrected chi connectivity index (χ3v) is 1.69. The topological polar surface area (TPSA) is 27.7 Å². The van der Waals surface area contributed by atoms with Gasteiger partial charge >= 0.3 is 0 Å². The lowest BCUT2D eigenvalue weighted by atomic mass is 10.2. The molecule has 0 saturated heterocycles. The van der Waals surface area contributed by atoms with Crippen LogP contribution in [0.15, 0.2) is 24.3 Å². The first-order chi connectivity index (χ1) is 7.01. The van der Waals surface area contributed by atoms with Gasteiger partial charge < -0.3 is 4.74 Å². The van der Waals surface area contributed by atoms with Crippen LogP contribution in [0.25, 0.3) is 0 Å². The second-order valence-electron chi connectivity index (χ2n) is 4.31. The van der Waals surface area contributed by atoms with Gasteiger partial charge in [0.05, 0.1) is 12.7 Å². The van der Waals surface area contributed by atoms with Gasteiger partial charge in [-0.15, -0.1) is 0 Å². The first-order valence-electron chi connectivity index (χ1n) is 4.95. The van der Waals surface area contributed by atoms with Crippen LogP contribution in [-0.2, 0) is 16.4 Å². The quantitative estimate of drug-likeness (QED) is 0.565. The number of ether oxygens (including phenoxy) is 1. The van der Waals surface area contributed by atoms with Gasteiger partial charge in [-0.1, -0.05) is 12.1 Å². The summed E-state index contributed by atoms with van der Waals surface area (Å²) in [6, 6.07) is 7.70. The van der Waals surface area contributed by atoms with Gasteiger partial charge in [0.15, 0.2) is 0 Å². The highest BCUT2D eigenvalue weighted by Crippen LogP contribution is 2.13. The van der Waals surface area contributed by atoms with E-state index in [4.69, 9.17) is 14.5 Å². The van der Waals surface area contributed by atoms with Crippen LogP contribution in [0.1, 0.15) is 26.3 Å². The molecule has 0 saturated carbocycles. The summed E-state index contributed by atoms with van der Waals surface area (Å²) in [6.07, 6.45) is 0. The van der Waals surface area contributed by atoms with E-state index < -0.39 is 0 Å². The Morgan fingerprint density at radius 3 is 2.13 bits per heavy atom. The average molecular weight is 210 g/mol. The molecule has 84 valence electrons. The predicted molar refractivity (Wildman–Crippen MR) is 58.6 cm³/mol. The lowest BCUT2D eigenvalue weighted by Gasteiger charge is -2.17. The molecule has 1 aromatic rings. The first kappa shape index (κ1) is 12.0. The third kappa shape index (κ3) is 4.81. The Labute approximate surface area is 90.9 Å². The zero-order chi connectivity index (χ0) is 11.3. The Kier molecular flexibility index (Phi) is 4.12. The third-order valence-electron chi connectivity index (χ3n) is 1.69. The average Bonchev–Trinajstić information content (AvgIpc) is 2.17. The molecule has 0 amide bonds. The number of rotatable bonds is 4. The van der Waals surface area contributed by atoms with E-state index in [0.29, 0.717) is 6.61 Å². The molecule has 1 rings (SSSR count). The van der Waals surface area contributed by atoms with Crippen LogP contribution in [0.4, 0.5) is 0 Å². The molecule has 0 atom stereocenters. The van der Waals surface area contributed by atoms with Gasteiger partial charge in [0, 0.05) is 0 Å². The van der Waals surface area contributed by atoms with Gasteiger partial charge in [0.1, 0.15) is 12.4 Å². The molecule has 0 aliphatic rings. The maximum atomic E-state index is 5.16. The fourth-order valence-corrected chi connectivity index (χ4v) is 0.996. The Morgan fingerprint density at radius 2 is 1.67 bits per heavy atom. The van der Waals surface area contributed by atoms with Crippen LogP contribution in [-0.4, -0.2) is 12.7 Å². The minimum Gasteiger partial charge on any atom is -0.497 e. The largest absolute Gasteiger partial charge is 0.497 e. The van der Waals surface area contributed by atoms with Crippen molar-refractivity contribution in [2.75, 3.05) is 7.11 Å². The standard InChI is InChI=1S/C12H18O3/c1-12(2,3)15-14-9-10-5-7-11(13-4)8-6-10/h5-8H,9H2,1-4H3. The molecule has 15 heavy (non-hydrogen) atoms. The Hall–Kier alpha value is -1.06. The molecular weight excluding hydrogens is 192 g/mol. The van der Waals surface area contributed by atoms with E-state index in [9.17, 15) is 0 Å². The SMILES string of the molecule is COc1ccc(COOC(C)(C)C)cc1. The second kappa shape index (κ2) is 5.14. The number of benzene rings is 1.